The molecule has 0 fully saturated rings. The Bertz CT molecular complexity index is 469. The first-order chi connectivity index (χ1) is 9.65. The molecule has 0 atom stereocenters. The van der Waals surface area contributed by atoms with Gasteiger partial charge in [0.1, 0.15) is 0 Å². The number of nitrogens with zero attached hydrogens (tertiary/aromatic N) is 2. The molecule has 1 aliphatic heterocycles. The van der Waals surface area contributed by atoms with E-state index in [1.54, 1.807) is 0 Å². The van der Waals surface area contributed by atoms with Crippen molar-refractivity contribution in [1.82, 2.24) is 9.80 Å². The fourth-order valence-electron chi connectivity index (χ4n) is 2.80. The summed E-state index contributed by atoms with van der Waals surface area (Å²) in [5.41, 5.74) is 3.95. The van der Waals surface area contributed by atoms with Crippen LogP contribution >= 0.6 is 0 Å². The first-order valence-electron chi connectivity index (χ1n) is 7.46. The van der Waals surface area contributed by atoms with Gasteiger partial charge in [-0.2, -0.15) is 0 Å². The van der Waals surface area contributed by atoms with Gasteiger partial charge < -0.3 is 10.2 Å². The van der Waals surface area contributed by atoms with Crippen molar-refractivity contribution >= 4 is 11.6 Å². The van der Waals surface area contributed by atoms with Crippen molar-refractivity contribution in [3.05, 3.63) is 29.3 Å². The van der Waals surface area contributed by atoms with Crippen molar-refractivity contribution in [2.75, 3.05) is 38.5 Å². The molecule has 0 radical (unpaired) electrons. The minimum Gasteiger partial charge on any atom is -0.384 e. The summed E-state index contributed by atoms with van der Waals surface area (Å²) in [6, 6.07) is 6.44. The molecule has 20 heavy (non-hydrogen) atoms. The zero-order valence-electron chi connectivity index (χ0n) is 12.8. The molecule has 0 aliphatic carbocycles. The Morgan fingerprint density at radius 1 is 1.30 bits per heavy atom. The molecule has 1 aliphatic rings. The predicted molar refractivity (Wildman–Crippen MR) is 82.9 cm³/mol. The van der Waals surface area contributed by atoms with E-state index in [0.717, 1.165) is 32.6 Å². The molecule has 0 unspecified atom stereocenters. The Hall–Kier alpha value is -1.55. The van der Waals surface area contributed by atoms with E-state index in [1.807, 2.05) is 25.8 Å². The summed E-state index contributed by atoms with van der Waals surface area (Å²) < 4.78 is 0. The largest absolute Gasteiger partial charge is 0.384 e. The third-order valence-corrected chi connectivity index (χ3v) is 3.89. The molecule has 4 heteroatoms. The monoisotopic (exact) mass is 275 g/mol. The standard InChI is InChI=1S/C16H25N3O/c1-4-19(5-2)15(20)12-18(3)11-14-8-6-7-13-9-10-17-16(13)14/h6-8,17H,4-5,9-12H2,1-3H3. The van der Waals surface area contributed by atoms with E-state index in [9.17, 15) is 4.79 Å². The summed E-state index contributed by atoms with van der Waals surface area (Å²) in [6.45, 7) is 7.92. The first kappa shape index (κ1) is 14.9. The van der Waals surface area contributed by atoms with Crippen LogP contribution in [0.3, 0.4) is 0 Å². The van der Waals surface area contributed by atoms with Crippen LogP contribution in [0.1, 0.15) is 25.0 Å². The molecule has 1 amide bonds. The lowest BCUT2D eigenvalue weighted by Crippen LogP contribution is -2.38. The van der Waals surface area contributed by atoms with Crippen LogP contribution in [0.5, 0.6) is 0 Å². The van der Waals surface area contributed by atoms with Gasteiger partial charge in [-0.15, -0.1) is 0 Å². The molecule has 1 aromatic carbocycles. The maximum atomic E-state index is 12.1. The van der Waals surface area contributed by atoms with Gasteiger partial charge in [-0.3, -0.25) is 9.69 Å². The fourth-order valence-corrected chi connectivity index (χ4v) is 2.80. The summed E-state index contributed by atoms with van der Waals surface area (Å²) >= 11 is 0. The van der Waals surface area contributed by atoms with Gasteiger partial charge >= 0.3 is 0 Å². The number of nitrogens with one attached hydrogen (secondary N) is 1. The Labute approximate surface area is 121 Å². The van der Waals surface area contributed by atoms with Gasteiger partial charge in [0.2, 0.25) is 5.91 Å². The van der Waals surface area contributed by atoms with Crippen molar-refractivity contribution in [2.24, 2.45) is 0 Å². The normalized spacial score (nSPS) is 13.2. The lowest BCUT2D eigenvalue weighted by molar-refractivity contribution is -0.131. The minimum atomic E-state index is 0.207. The number of anilines is 1. The van der Waals surface area contributed by atoms with E-state index in [1.165, 1.54) is 16.8 Å². The molecule has 0 aromatic heterocycles. The number of fused-ring (bicyclic) bond motifs is 1. The van der Waals surface area contributed by atoms with Gasteiger partial charge in [0.15, 0.2) is 0 Å². The summed E-state index contributed by atoms with van der Waals surface area (Å²) in [5, 5.41) is 3.45. The number of rotatable bonds is 6. The number of amides is 1. The number of hydrogen-bond acceptors (Lipinski definition) is 3. The molecule has 0 saturated carbocycles. The third-order valence-electron chi connectivity index (χ3n) is 3.89. The highest BCUT2D eigenvalue weighted by molar-refractivity contribution is 5.78. The van der Waals surface area contributed by atoms with E-state index in [4.69, 9.17) is 0 Å². The van der Waals surface area contributed by atoms with E-state index < -0.39 is 0 Å². The van der Waals surface area contributed by atoms with Gasteiger partial charge in [0, 0.05) is 31.9 Å². The summed E-state index contributed by atoms with van der Waals surface area (Å²) in [5.74, 6) is 0.207. The van der Waals surface area contributed by atoms with Crippen molar-refractivity contribution in [3.63, 3.8) is 0 Å². The fraction of sp³-hybridized carbons (Fsp3) is 0.562. The maximum Gasteiger partial charge on any atom is 0.236 e. The Kier molecular flexibility index (Phi) is 5.01. The highest BCUT2D eigenvalue weighted by Crippen LogP contribution is 2.27. The third kappa shape index (κ3) is 3.31. The molecular weight excluding hydrogens is 250 g/mol. The molecule has 1 aromatic rings. The number of para-hydroxylation sites is 1. The lowest BCUT2D eigenvalue weighted by Gasteiger charge is -2.23. The van der Waals surface area contributed by atoms with Crippen LogP contribution in [0, 0.1) is 0 Å². The van der Waals surface area contributed by atoms with Crippen LogP contribution in [-0.2, 0) is 17.8 Å². The van der Waals surface area contributed by atoms with Crippen LogP contribution in [0.4, 0.5) is 5.69 Å². The van der Waals surface area contributed by atoms with Crippen LogP contribution < -0.4 is 5.32 Å². The maximum absolute atomic E-state index is 12.1. The van der Waals surface area contributed by atoms with Gasteiger partial charge in [-0.1, -0.05) is 18.2 Å². The Balaban J connectivity index is 1.97. The molecule has 1 N–H and O–H groups in total. The molecule has 2 rings (SSSR count). The summed E-state index contributed by atoms with van der Waals surface area (Å²) in [4.78, 5) is 16.1. The van der Waals surface area contributed by atoms with E-state index in [-0.39, 0.29) is 5.91 Å². The average molecular weight is 275 g/mol. The van der Waals surface area contributed by atoms with Gasteiger partial charge in [0.05, 0.1) is 6.54 Å². The molecule has 1 heterocycles. The highest BCUT2D eigenvalue weighted by atomic mass is 16.2. The molecule has 0 spiro atoms. The number of carbonyl (C=O) groups is 1. The van der Waals surface area contributed by atoms with Crippen LogP contribution in [-0.4, -0.2) is 48.9 Å². The topological polar surface area (TPSA) is 35.6 Å². The average Bonchev–Trinajstić information content (AvgIpc) is 2.89. The molecule has 4 nitrogen and oxygen atoms in total. The Morgan fingerprint density at radius 2 is 2.05 bits per heavy atom. The van der Waals surface area contributed by atoms with Crippen molar-refractivity contribution in [3.8, 4) is 0 Å². The predicted octanol–water partition coefficient (Wildman–Crippen LogP) is 1.95. The van der Waals surface area contributed by atoms with E-state index >= 15 is 0 Å². The SMILES string of the molecule is CCN(CC)C(=O)CN(C)Cc1cccc2c1NCC2. The number of carbonyl (C=O) groups excluding carboxylic acids is 1. The van der Waals surface area contributed by atoms with Gasteiger partial charge in [-0.05, 0) is 38.4 Å². The smallest absolute Gasteiger partial charge is 0.236 e. The molecule has 0 bridgehead atoms. The molecular formula is C16H25N3O. The van der Waals surface area contributed by atoms with Crippen molar-refractivity contribution in [2.45, 2.75) is 26.8 Å². The van der Waals surface area contributed by atoms with E-state index in [0.29, 0.717) is 6.54 Å². The minimum absolute atomic E-state index is 0.207. The van der Waals surface area contributed by atoms with Crippen molar-refractivity contribution in [1.29, 1.82) is 0 Å². The quantitative estimate of drug-likeness (QED) is 0.862. The summed E-state index contributed by atoms with van der Waals surface area (Å²) in [7, 11) is 2.01. The van der Waals surface area contributed by atoms with Gasteiger partial charge in [0.25, 0.3) is 0 Å². The van der Waals surface area contributed by atoms with Crippen LogP contribution in [0.25, 0.3) is 0 Å². The lowest BCUT2D eigenvalue weighted by atomic mass is 10.1. The molecule has 0 saturated heterocycles. The summed E-state index contributed by atoms with van der Waals surface area (Å²) in [6.07, 6.45) is 1.10. The zero-order chi connectivity index (χ0) is 14.5. The second-order valence-corrected chi connectivity index (χ2v) is 5.37. The van der Waals surface area contributed by atoms with Crippen LogP contribution in [0.2, 0.25) is 0 Å². The number of likely N-dealkylation sites (N-methyl/N-ethyl adjacent to an activating group) is 2. The van der Waals surface area contributed by atoms with Crippen molar-refractivity contribution < 1.29 is 4.79 Å². The first-order valence-corrected chi connectivity index (χ1v) is 7.46. The van der Waals surface area contributed by atoms with Crippen LogP contribution in [0.15, 0.2) is 18.2 Å². The zero-order valence-corrected chi connectivity index (χ0v) is 12.8. The van der Waals surface area contributed by atoms with Gasteiger partial charge in [-0.25, -0.2) is 0 Å². The number of hydrogen-bond donors (Lipinski definition) is 1. The second-order valence-electron chi connectivity index (χ2n) is 5.37. The second kappa shape index (κ2) is 6.75. The van der Waals surface area contributed by atoms with E-state index in [2.05, 4.69) is 28.4 Å². The Morgan fingerprint density at radius 3 is 2.75 bits per heavy atom. The highest BCUT2D eigenvalue weighted by Gasteiger charge is 2.17. The number of benzene rings is 1. The molecule has 110 valence electrons.